The molecule has 0 aromatic rings. The molecule has 0 amide bonds. The molecule has 1 fully saturated rings. The minimum absolute atomic E-state index is 0.0400. The van der Waals surface area contributed by atoms with E-state index in [1.54, 1.807) is 6.08 Å². The van der Waals surface area contributed by atoms with E-state index in [4.69, 9.17) is 4.74 Å². The number of ether oxygens (including phenoxy) is 1. The van der Waals surface area contributed by atoms with Crippen molar-refractivity contribution in [2.75, 3.05) is 6.61 Å². The van der Waals surface area contributed by atoms with Crippen LogP contribution in [-0.4, -0.2) is 34.0 Å². The molecule has 0 aromatic heterocycles. The van der Waals surface area contributed by atoms with Gasteiger partial charge in [0, 0.05) is 11.3 Å². The molecule has 4 heteroatoms. The Labute approximate surface area is 112 Å². The van der Waals surface area contributed by atoms with Crippen molar-refractivity contribution in [3.63, 3.8) is 0 Å². The number of carbonyl (C=O) groups is 1. The van der Waals surface area contributed by atoms with Gasteiger partial charge in [-0.1, -0.05) is 26.5 Å². The van der Waals surface area contributed by atoms with Gasteiger partial charge in [-0.05, 0) is 29.7 Å². The minimum atomic E-state index is -1.73. The number of hydrogen-bond acceptors (Lipinski definition) is 4. The first-order chi connectivity index (χ1) is 8.73. The zero-order chi connectivity index (χ0) is 14.1. The fourth-order valence-corrected chi connectivity index (χ4v) is 3.38. The second kappa shape index (κ2) is 3.45. The van der Waals surface area contributed by atoms with E-state index in [-0.39, 0.29) is 24.7 Å². The molecule has 1 saturated heterocycles. The summed E-state index contributed by atoms with van der Waals surface area (Å²) in [4.78, 5) is 11.9. The van der Waals surface area contributed by atoms with Crippen molar-refractivity contribution in [1.29, 1.82) is 0 Å². The summed E-state index contributed by atoms with van der Waals surface area (Å²) in [5.74, 6) is -1.94. The number of aliphatic hydroxyl groups is 2. The van der Waals surface area contributed by atoms with E-state index in [2.05, 4.69) is 6.58 Å². The zero-order valence-corrected chi connectivity index (χ0v) is 11.1. The quantitative estimate of drug-likeness (QED) is 0.642. The molecule has 19 heavy (non-hydrogen) atoms. The Hall–Kier alpha value is -1.23. The Morgan fingerprint density at radius 2 is 2.11 bits per heavy atom. The van der Waals surface area contributed by atoms with E-state index < -0.39 is 16.8 Å². The highest BCUT2D eigenvalue weighted by Crippen LogP contribution is 2.56. The molecule has 0 bridgehead atoms. The molecule has 0 saturated carbocycles. The maximum atomic E-state index is 11.9. The lowest BCUT2D eigenvalue weighted by Crippen LogP contribution is -2.58. The van der Waals surface area contributed by atoms with Gasteiger partial charge >= 0.3 is 0 Å². The first kappa shape index (κ1) is 12.8. The standard InChI is InChI=1S/C15H18O4/c1-9-7-19-15(18)6-11-4-5-12(16)10(2)13(11,3)8-14(9,15)17/h4-6,10,17-18H,1,7-8H2,2-3H3/t10-,13+,14+,15-/m0/s1. The fraction of sp³-hybridized carbons (Fsp3) is 0.533. The summed E-state index contributed by atoms with van der Waals surface area (Å²) in [6.45, 7) is 7.72. The van der Waals surface area contributed by atoms with Gasteiger partial charge in [0.1, 0.15) is 5.60 Å². The molecule has 1 aliphatic heterocycles. The third-order valence-corrected chi connectivity index (χ3v) is 5.09. The summed E-state index contributed by atoms with van der Waals surface area (Å²) >= 11 is 0. The maximum absolute atomic E-state index is 11.9. The molecule has 2 N–H and O–H groups in total. The Balaban J connectivity index is 2.20. The number of fused-ring (bicyclic) bond motifs is 2. The smallest absolute Gasteiger partial charge is 0.220 e. The zero-order valence-electron chi connectivity index (χ0n) is 11.1. The van der Waals surface area contributed by atoms with Gasteiger partial charge in [-0.2, -0.15) is 0 Å². The Morgan fingerprint density at radius 3 is 2.79 bits per heavy atom. The van der Waals surface area contributed by atoms with Crippen LogP contribution >= 0.6 is 0 Å². The average molecular weight is 262 g/mol. The molecule has 0 spiro atoms. The van der Waals surface area contributed by atoms with Crippen molar-refractivity contribution < 1.29 is 19.7 Å². The topological polar surface area (TPSA) is 66.8 Å². The molecule has 2 aliphatic carbocycles. The van der Waals surface area contributed by atoms with Gasteiger partial charge in [0.2, 0.25) is 5.79 Å². The monoisotopic (exact) mass is 262 g/mol. The van der Waals surface area contributed by atoms with Gasteiger partial charge in [0.25, 0.3) is 0 Å². The SMILES string of the molecule is C=C1CO[C@@]2(O)C=C3C=CC(=O)[C@H](C)[C@@]3(C)C[C@@]12O. The normalized spacial score (nSPS) is 48.8. The molecule has 3 rings (SSSR count). The van der Waals surface area contributed by atoms with Crippen LogP contribution in [0.5, 0.6) is 0 Å². The number of carbonyl (C=O) groups excluding carboxylic acids is 1. The van der Waals surface area contributed by atoms with Crippen LogP contribution in [0.3, 0.4) is 0 Å². The van der Waals surface area contributed by atoms with Gasteiger partial charge in [0.05, 0.1) is 6.61 Å². The summed E-state index contributed by atoms with van der Waals surface area (Å²) < 4.78 is 5.33. The van der Waals surface area contributed by atoms with Gasteiger partial charge < -0.3 is 14.9 Å². The molecule has 4 atom stereocenters. The highest BCUT2D eigenvalue weighted by molar-refractivity contribution is 5.94. The number of ketones is 1. The lowest BCUT2D eigenvalue weighted by atomic mass is 9.57. The van der Waals surface area contributed by atoms with Gasteiger partial charge in [-0.25, -0.2) is 0 Å². The van der Waals surface area contributed by atoms with Crippen molar-refractivity contribution >= 4 is 5.78 Å². The van der Waals surface area contributed by atoms with E-state index in [1.807, 2.05) is 13.8 Å². The second-order valence-electron chi connectivity index (χ2n) is 6.10. The van der Waals surface area contributed by atoms with Gasteiger partial charge in [-0.15, -0.1) is 0 Å². The Morgan fingerprint density at radius 1 is 1.42 bits per heavy atom. The van der Waals surface area contributed by atoms with Gasteiger partial charge in [-0.3, -0.25) is 4.79 Å². The third-order valence-electron chi connectivity index (χ3n) is 5.09. The summed E-state index contributed by atoms with van der Waals surface area (Å²) in [6.07, 6.45) is 5.01. The third kappa shape index (κ3) is 1.37. The number of allylic oxidation sites excluding steroid dienone is 3. The van der Waals surface area contributed by atoms with E-state index in [0.29, 0.717) is 5.57 Å². The predicted octanol–water partition coefficient (Wildman–Crippen LogP) is 1.10. The number of hydrogen-bond donors (Lipinski definition) is 2. The second-order valence-corrected chi connectivity index (χ2v) is 6.10. The van der Waals surface area contributed by atoms with Crippen LogP contribution in [0.4, 0.5) is 0 Å². The van der Waals surface area contributed by atoms with Crippen LogP contribution < -0.4 is 0 Å². The van der Waals surface area contributed by atoms with Crippen LogP contribution in [0.25, 0.3) is 0 Å². The highest BCUT2D eigenvalue weighted by Gasteiger charge is 2.63. The maximum Gasteiger partial charge on any atom is 0.220 e. The van der Waals surface area contributed by atoms with E-state index >= 15 is 0 Å². The molecular weight excluding hydrogens is 244 g/mol. The Kier molecular flexibility index (Phi) is 2.32. The molecular formula is C15H18O4. The highest BCUT2D eigenvalue weighted by atomic mass is 16.6. The van der Waals surface area contributed by atoms with Crippen molar-refractivity contribution in [3.8, 4) is 0 Å². The van der Waals surface area contributed by atoms with Crippen LogP contribution in [0.1, 0.15) is 20.3 Å². The molecule has 102 valence electrons. The molecule has 3 aliphatic rings. The predicted molar refractivity (Wildman–Crippen MR) is 69.1 cm³/mol. The van der Waals surface area contributed by atoms with Crippen LogP contribution in [-0.2, 0) is 9.53 Å². The van der Waals surface area contributed by atoms with Gasteiger partial charge in [0.15, 0.2) is 5.78 Å². The fourth-order valence-electron chi connectivity index (χ4n) is 3.38. The first-order valence-electron chi connectivity index (χ1n) is 6.45. The average Bonchev–Trinajstić information content (AvgIpc) is 2.56. The molecule has 0 radical (unpaired) electrons. The summed E-state index contributed by atoms with van der Waals surface area (Å²) in [7, 11) is 0. The van der Waals surface area contributed by atoms with Crippen molar-refractivity contribution in [2.24, 2.45) is 11.3 Å². The first-order valence-corrected chi connectivity index (χ1v) is 6.45. The molecule has 0 aromatic carbocycles. The Bertz CT molecular complexity index is 546. The van der Waals surface area contributed by atoms with E-state index in [9.17, 15) is 15.0 Å². The molecule has 0 unspecified atom stereocenters. The summed E-state index contributed by atoms with van der Waals surface area (Å²) in [5, 5.41) is 21.3. The minimum Gasteiger partial charge on any atom is -0.379 e. The van der Waals surface area contributed by atoms with Crippen molar-refractivity contribution in [3.05, 3.63) is 36.0 Å². The van der Waals surface area contributed by atoms with Crippen molar-refractivity contribution in [2.45, 2.75) is 31.7 Å². The van der Waals surface area contributed by atoms with Crippen LogP contribution in [0.15, 0.2) is 36.0 Å². The summed E-state index contributed by atoms with van der Waals surface area (Å²) in [5.41, 5.74) is -0.740. The summed E-state index contributed by atoms with van der Waals surface area (Å²) in [6, 6.07) is 0. The van der Waals surface area contributed by atoms with E-state index in [1.165, 1.54) is 12.2 Å². The van der Waals surface area contributed by atoms with Crippen LogP contribution in [0, 0.1) is 11.3 Å². The van der Waals surface area contributed by atoms with Crippen LogP contribution in [0.2, 0.25) is 0 Å². The van der Waals surface area contributed by atoms with Crippen molar-refractivity contribution in [1.82, 2.24) is 0 Å². The molecule has 1 heterocycles. The number of rotatable bonds is 0. The lowest BCUT2D eigenvalue weighted by molar-refractivity contribution is -0.232. The van der Waals surface area contributed by atoms with E-state index in [0.717, 1.165) is 5.57 Å². The largest absolute Gasteiger partial charge is 0.379 e. The molecule has 4 nitrogen and oxygen atoms in total. The lowest BCUT2D eigenvalue weighted by Gasteiger charge is -2.50.